The lowest BCUT2D eigenvalue weighted by molar-refractivity contribution is -0.119. The van der Waals surface area contributed by atoms with Crippen LogP contribution in [0.1, 0.15) is 24.7 Å². The van der Waals surface area contributed by atoms with Gasteiger partial charge in [0.1, 0.15) is 5.82 Å². The Morgan fingerprint density at radius 3 is 3.00 bits per heavy atom. The maximum Gasteiger partial charge on any atom is 0.230 e. The van der Waals surface area contributed by atoms with Crippen LogP contribution in [0.3, 0.4) is 0 Å². The van der Waals surface area contributed by atoms with Crippen LogP contribution in [-0.4, -0.2) is 27.5 Å². The molecule has 0 radical (unpaired) electrons. The summed E-state index contributed by atoms with van der Waals surface area (Å²) in [5.74, 6) is 2.17. The molecule has 1 aliphatic carbocycles. The predicted molar refractivity (Wildman–Crippen MR) is 65.2 cm³/mol. The molecule has 1 aromatic heterocycles. The molecule has 1 amide bonds. The maximum atomic E-state index is 11.6. The Morgan fingerprint density at radius 1 is 1.75 bits per heavy atom. The van der Waals surface area contributed by atoms with Crippen LogP contribution >= 0.6 is 11.8 Å². The number of aryl methyl sites for hydroxylation is 1. The maximum absolute atomic E-state index is 11.6. The summed E-state index contributed by atoms with van der Waals surface area (Å²) in [5, 5.41) is 3.08. The fourth-order valence-electron chi connectivity index (χ4n) is 1.85. The van der Waals surface area contributed by atoms with Crippen molar-refractivity contribution in [1.29, 1.82) is 0 Å². The van der Waals surface area contributed by atoms with E-state index in [1.54, 1.807) is 18.0 Å². The first kappa shape index (κ1) is 11.5. The SMILES string of the molecule is CSCC(=O)NC(c1nccn1C)C1CC1. The van der Waals surface area contributed by atoms with Crippen molar-refractivity contribution in [2.24, 2.45) is 13.0 Å². The third-order valence-electron chi connectivity index (χ3n) is 2.82. The van der Waals surface area contributed by atoms with Gasteiger partial charge in [-0.2, -0.15) is 11.8 Å². The first-order valence-electron chi connectivity index (χ1n) is 5.48. The number of amides is 1. The third-order valence-corrected chi connectivity index (χ3v) is 3.37. The Balaban J connectivity index is 2.06. The first-order valence-corrected chi connectivity index (χ1v) is 6.87. The second-order valence-corrected chi connectivity index (χ2v) is 5.08. The number of rotatable bonds is 5. The van der Waals surface area contributed by atoms with Gasteiger partial charge in [0.05, 0.1) is 11.8 Å². The third kappa shape index (κ3) is 2.58. The molecule has 0 aliphatic heterocycles. The zero-order chi connectivity index (χ0) is 11.5. The van der Waals surface area contributed by atoms with Crippen LogP contribution in [0.5, 0.6) is 0 Å². The molecule has 0 aromatic carbocycles. The average Bonchev–Trinajstić information content (AvgIpc) is 2.99. The van der Waals surface area contributed by atoms with Crippen LogP contribution in [0, 0.1) is 5.92 Å². The van der Waals surface area contributed by atoms with Crippen LogP contribution in [0.4, 0.5) is 0 Å². The molecular weight excluding hydrogens is 222 g/mol. The number of thioether (sulfide) groups is 1. The molecule has 0 bridgehead atoms. The van der Waals surface area contributed by atoms with E-state index in [0.717, 1.165) is 5.82 Å². The minimum atomic E-state index is 0.0969. The standard InChI is InChI=1S/C11H17N3OS/c1-14-6-5-12-11(14)10(8-3-4-8)13-9(15)7-16-2/h5-6,8,10H,3-4,7H2,1-2H3,(H,13,15). The first-order chi connectivity index (χ1) is 7.72. The number of carbonyl (C=O) groups excluding carboxylic acids is 1. The second kappa shape index (κ2) is 4.91. The molecule has 0 spiro atoms. The van der Waals surface area contributed by atoms with E-state index in [4.69, 9.17) is 0 Å². The van der Waals surface area contributed by atoms with Gasteiger partial charge in [-0.3, -0.25) is 4.79 Å². The van der Waals surface area contributed by atoms with Gasteiger partial charge in [-0.25, -0.2) is 4.98 Å². The summed E-state index contributed by atoms with van der Waals surface area (Å²) in [6, 6.07) is 0.0969. The Hall–Kier alpha value is -0.970. The fourth-order valence-corrected chi connectivity index (χ4v) is 2.19. The molecular formula is C11H17N3OS. The van der Waals surface area contributed by atoms with Crippen LogP contribution < -0.4 is 5.32 Å². The van der Waals surface area contributed by atoms with Crippen LogP contribution in [0.25, 0.3) is 0 Å². The normalized spacial score (nSPS) is 17.1. The zero-order valence-electron chi connectivity index (χ0n) is 9.64. The van der Waals surface area contributed by atoms with E-state index in [0.29, 0.717) is 11.7 Å². The summed E-state index contributed by atoms with van der Waals surface area (Å²) < 4.78 is 1.99. The summed E-state index contributed by atoms with van der Waals surface area (Å²) in [6.07, 6.45) is 8.03. The Labute approximate surface area is 99.8 Å². The van der Waals surface area contributed by atoms with Crippen molar-refractivity contribution in [2.75, 3.05) is 12.0 Å². The monoisotopic (exact) mass is 239 g/mol. The van der Waals surface area contributed by atoms with Crippen molar-refractivity contribution >= 4 is 17.7 Å². The number of imidazole rings is 1. The van der Waals surface area contributed by atoms with Gasteiger partial charge in [0.15, 0.2) is 0 Å². The summed E-state index contributed by atoms with van der Waals surface area (Å²) in [4.78, 5) is 16.0. The number of nitrogens with one attached hydrogen (secondary N) is 1. The van der Waals surface area contributed by atoms with E-state index in [2.05, 4.69) is 10.3 Å². The zero-order valence-corrected chi connectivity index (χ0v) is 10.5. The van der Waals surface area contributed by atoms with Gasteiger partial charge >= 0.3 is 0 Å². The highest BCUT2D eigenvalue weighted by atomic mass is 32.2. The number of aromatic nitrogens is 2. The van der Waals surface area contributed by atoms with E-state index in [1.165, 1.54) is 12.8 Å². The van der Waals surface area contributed by atoms with Gasteiger partial charge < -0.3 is 9.88 Å². The number of hydrogen-bond donors (Lipinski definition) is 1. The van der Waals surface area contributed by atoms with Crippen molar-refractivity contribution in [3.05, 3.63) is 18.2 Å². The van der Waals surface area contributed by atoms with Crippen LogP contribution in [0.2, 0.25) is 0 Å². The molecule has 1 N–H and O–H groups in total. The van der Waals surface area contributed by atoms with Crippen LogP contribution in [-0.2, 0) is 11.8 Å². The van der Waals surface area contributed by atoms with E-state index in [1.807, 2.05) is 24.1 Å². The molecule has 1 unspecified atom stereocenters. The highest BCUT2D eigenvalue weighted by molar-refractivity contribution is 7.99. The lowest BCUT2D eigenvalue weighted by Gasteiger charge is -2.17. The average molecular weight is 239 g/mol. The van der Waals surface area contributed by atoms with Gasteiger partial charge in [-0.05, 0) is 25.0 Å². The quantitative estimate of drug-likeness (QED) is 0.843. The van der Waals surface area contributed by atoms with E-state index in [-0.39, 0.29) is 11.9 Å². The summed E-state index contributed by atoms with van der Waals surface area (Å²) in [5.41, 5.74) is 0. The molecule has 1 heterocycles. The number of nitrogens with zero attached hydrogens (tertiary/aromatic N) is 2. The smallest absolute Gasteiger partial charge is 0.230 e. The molecule has 5 heteroatoms. The van der Waals surface area contributed by atoms with Gasteiger partial charge in [-0.15, -0.1) is 0 Å². The second-order valence-electron chi connectivity index (χ2n) is 4.21. The van der Waals surface area contributed by atoms with Crippen molar-refractivity contribution in [1.82, 2.24) is 14.9 Å². The molecule has 88 valence electrons. The topological polar surface area (TPSA) is 46.9 Å². The van der Waals surface area contributed by atoms with Gasteiger partial charge in [0.25, 0.3) is 0 Å². The summed E-state index contributed by atoms with van der Waals surface area (Å²) in [6.45, 7) is 0. The molecule has 4 nitrogen and oxygen atoms in total. The van der Waals surface area contributed by atoms with Gasteiger partial charge in [0, 0.05) is 19.4 Å². The summed E-state index contributed by atoms with van der Waals surface area (Å²) in [7, 11) is 1.97. The van der Waals surface area contributed by atoms with Crippen molar-refractivity contribution in [3.63, 3.8) is 0 Å². The lowest BCUT2D eigenvalue weighted by Crippen LogP contribution is -2.32. The highest BCUT2D eigenvalue weighted by Crippen LogP contribution is 2.40. The number of hydrogen-bond acceptors (Lipinski definition) is 3. The van der Waals surface area contributed by atoms with E-state index >= 15 is 0 Å². The molecule has 1 atom stereocenters. The molecule has 1 aromatic rings. The molecule has 0 saturated heterocycles. The van der Waals surface area contributed by atoms with E-state index < -0.39 is 0 Å². The Kier molecular flexibility index (Phi) is 3.53. The largest absolute Gasteiger partial charge is 0.345 e. The highest BCUT2D eigenvalue weighted by Gasteiger charge is 2.35. The lowest BCUT2D eigenvalue weighted by atomic mass is 10.1. The Morgan fingerprint density at radius 2 is 2.50 bits per heavy atom. The van der Waals surface area contributed by atoms with E-state index in [9.17, 15) is 4.79 Å². The molecule has 1 fully saturated rings. The predicted octanol–water partition coefficient (Wildman–Crippen LogP) is 1.35. The van der Waals surface area contributed by atoms with Crippen molar-refractivity contribution in [2.45, 2.75) is 18.9 Å². The van der Waals surface area contributed by atoms with Gasteiger partial charge in [-0.1, -0.05) is 0 Å². The van der Waals surface area contributed by atoms with Crippen molar-refractivity contribution < 1.29 is 4.79 Å². The fraction of sp³-hybridized carbons (Fsp3) is 0.636. The molecule has 1 aliphatic rings. The molecule has 16 heavy (non-hydrogen) atoms. The van der Waals surface area contributed by atoms with Gasteiger partial charge in [0.2, 0.25) is 5.91 Å². The number of carbonyl (C=O) groups is 1. The summed E-state index contributed by atoms with van der Waals surface area (Å²) >= 11 is 1.55. The minimum Gasteiger partial charge on any atom is -0.345 e. The Bertz CT molecular complexity index is 373. The molecule has 2 rings (SSSR count). The minimum absolute atomic E-state index is 0.0969. The van der Waals surface area contributed by atoms with Crippen LogP contribution in [0.15, 0.2) is 12.4 Å². The van der Waals surface area contributed by atoms with Crippen molar-refractivity contribution in [3.8, 4) is 0 Å². The molecule has 1 saturated carbocycles.